The van der Waals surface area contributed by atoms with Gasteiger partial charge in [0.2, 0.25) is 0 Å². The van der Waals surface area contributed by atoms with Crippen molar-refractivity contribution in [3.05, 3.63) is 35.9 Å². The van der Waals surface area contributed by atoms with Gasteiger partial charge < -0.3 is 0 Å². The Morgan fingerprint density at radius 1 is 1.20 bits per heavy atom. The molecule has 0 amide bonds. The number of rotatable bonds is 4. The summed E-state index contributed by atoms with van der Waals surface area (Å²) in [6.45, 7) is 8.68. The van der Waals surface area contributed by atoms with Gasteiger partial charge in [0.1, 0.15) is 0 Å². The van der Waals surface area contributed by atoms with E-state index in [9.17, 15) is 0 Å². The molecule has 0 saturated carbocycles. The monoisotopic (exact) mass is 272 g/mol. The van der Waals surface area contributed by atoms with Gasteiger partial charge in [0, 0.05) is 31.2 Å². The lowest BCUT2D eigenvalue weighted by Crippen LogP contribution is -2.58. The molecule has 3 unspecified atom stereocenters. The zero-order chi connectivity index (χ0) is 13.9. The molecular weight excluding hydrogens is 244 g/mol. The molecule has 3 atom stereocenters. The van der Waals surface area contributed by atoms with E-state index in [1.54, 1.807) is 0 Å². The predicted octanol–water partition coefficient (Wildman–Crippen LogP) is 3.18. The van der Waals surface area contributed by atoms with Gasteiger partial charge in [-0.2, -0.15) is 0 Å². The van der Waals surface area contributed by atoms with Crippen molar-refractivity contribution in [2.75, 3.05) is 19.6 Å². The van der Waals surface area contributed by atoms with Crippen molar-refractivity contribution in [1.82, 2.24) is 9.80 Å². The van der Waals surface area contributed by atoms with E-state index in [2.05, 4.69) is 54.0 Å². The highest BCUT2D eigenvalue weighted by Gasteiger charge is 2.37. The van der Waals surface area contributed by atoms with Crippen LogP contribution in [0.2, 0.25) is 0 Å². The van der Waals surface area contributed by atoms with Crippen molar-refractivity contribution >= 4 is 0 Å². The molecule has 2 fully saturated rings. The molecule has 110 valence electrons. The van der Waals surface area contributed by atoms with Crippen LogP contribution >= 0.6 is 0 Å². The quantitative estimate of drug-likeness (QED) is 0.830. The van der Waals surface area contributed by atoms with Gasteiger partial charge in [-0.25, -0.2) is 0 Å². The van der Waals surface area contributed by atoms with E-state index in [1.165, 1.54) is 50.9 Å². The molecule has 3 rings (SSSR count). The maximum atomic E-state index is 2.79. The summed E-state index contributed by atoms with van der Waals surface area (Å²) >= 11 is 0. The number of piperazine rings is 1. The van der Waals surface area contributed by atoms with Crippen LogP contribution in [-0.2, 0) is 6.42 Å². The highest BCUT2D eigenvalue weighted by atomic mass is 15.3. The summed E-state index contributed by atoms with van der Waals surface area (Å²) in [6, 6.07) is 13.2. The van der Waals surface area contributed by atoms with E-state index in [-0.39, 0.29) is 0 Å². The second-order valence-electron chi connectivity index (χ2n) is 6.59. The Balaban J connectivity index is 1.67. The molecule has 1 aromatic carbocycles. The van der Waals surface area contributed by atoms with Crippen molar-refractivity contribution in [3.8, 4) is 0 Å². The average Bonchev–Trinajstić information content (AvgIpc) is 2.94. The van der Waals surface area contributed by atoms with Crippen LogP contribution in [0.15, 0.2) is 30.3 Å². The molecule has 0 bridgehead atoms. The zero-order valence-corrected chi connectivity index (χ0v) is 13.0. The minimum Gasteiger partial charge on any atom is -0.298 e. The first-order chi connectivity index (χ1) is 9.78. The number of benzene rings is 1. The summed E-state index contributed by atoms with van der Waals surface area (Å²) in [5.74, 6) is 0. The van der Waals surface area contributed by atoms with Gasteiger partial charge in [0.15, 0.2) is 0 Å². The molecule has 0 N–H and O–H groups in total. The Morgan fingerprint density at radius 2 is 2.00 bits per heavy atom. The molecule has 20 heavy (non-hydrogen) atoms. The molecule has 2 saturated heterocycles. The van der Waals surface area contributed by atoms with Crippen LogP contribution in [-0.4, -0.2) is 47.6 Å². The van der Waals surface area contributed by atoms with Gasteiger partial charge in [0.05, 0.1) is 0 Å². The lowest BCUT2D eigenvalue weighted by Gasteiger charge is -2.46. The molecular formula is C18H28N2. The smallest absolute Gasteiger partial charge is 0.0224 e. The van der Waals surface area contributed by atoms with Crippen LogP contribution in [0.3, 0.4) is 0 Å². The average molecular weight is 272 g/mol. The Kier molecular flexibility index (Phi) is 4.42. The largest absolute Gasteiger partial charge is 0.298 e. The van der Waals surface area contributed by atoms with Gasteiger partial charge in [-0.15, -0.1) is 0 Å². The number of nitrogens with zero attached hydrogens (tertiary/aromatic N) is 2. The van der Waals surface area contributed by atoms with Gasteiger partial charge >= 0.3 is 0 Å². The molecule has 2 aliphatic heterocycles. The van der Waals surface area contributed by atoms with Crippen molar-refractivity contribution in [2.24, 2.45) is 0 Å². The molecule has 0 aromatic heterocycles. The molecule has 0 radical (unpaired) electrons. The molecule has 1 aromatic rings. The van der Waals surface area contributed by atoms with Crippen LogP contribution in [0.5, 0.6) is 0 Å². The lowest BCUT2D eigenvalue weighted by molar-refractivity contribution is 0.0234. The Morgan fingerprint density at radius 3 is 2.75 bits per heavy atom. The fourth-order valence-electron chi connectivity index (χ4n) is 4.09. The zero-order valence-electron chi connectivity index (χ0n) is 13.0. The Labute approximate surface area is 123 Å². The fourth-order valence-corrected chi connectivity index (χ4v) is 4.09. The van der Waals surface area contributed by atoms with E-state index < -0.39 is 0 Å². The second kappa shape index (κ2) is 6.28. The van der Waals surface area contributed by atoms with Crippen molar-refractivity contribution in [3.63, 3.8) is 0 Å². The first-order valence-electron chi connectivity index (χ1n) is 8.31. The van der Waals surface area contributed by atoms with Gasteiger partial charge in [-0.3, -0.25) is 9.80 Å². The van der Waals surface area contributed by atoms with E-state index in [0.29, 0.717) is 6.04 Å². The predicted molar refractivity (Wildman–Crippen MR) is 85.0 cm³/mol. The Bertz CT molecular complexity index is 417. The highest BCUT2D eigenvalue weighted by molar-refractivity contribution is 5.16. The molecule has 2 heterocycles. The first kappa shape index (κ1) is 14.1. The maximum Gasteiger partial charge on any atom is 0.0224 e. The maximum absolute atomic E-state index is 2.79. The molecule has 2 aliphatic rings. The summed E-state index contributed by atoms with van der Waals surface area (Å²) in [5, 5.41) is 0. The van der Waals surface area contributed by atoms with Crippen LogP contribution in [0.4, 0.5) is 0 Å². The molecule has 0 spiro atoms. The second-order valence-corrected chi connectivity index (χ2v) is 6.59. The highest BCUT2D eigenvalue weighted by Crippen LogP contribution is 2.28. The number of hydrogen-bond donors (Lipinski definition) is 0. The van der Waals surface area contributed by atoms with Crippen LogP contribution in [0, 0.1) is 0 Å². The van der Waals surface area contributed by atoms with Crippen LogP contribution in [0.1, 0.15) is 38.7 Å². The third-order valence-corrected chi connectivity index (χ3v) is 5.25. The van der Waals surface area contributed by atoms with Crippen LogP contribution in [0.25, 0.3) is 0 Å². The summed E-state index contributed by atoms with van der Waals surface area (Å²) in [7, 11) is 0. The summed E-state index contributed by atoms with van der Waals surface area (Å²) < 4.78 is 0. The number of hydrogen-bond acceptors (Lipinski definition) is 2. The minimum absolute atomic E-state index is 0.658. The minimum atomic E-state index is 0.658. The van der Waals surface area contributed by atoms with E-state index in [4.69, 9.17) is 0 Å². The normalized spacial score (nSPS) is 29.3. The van der Waals surface area contributed by atoms with Crippen LogP contribution < -0.4 is 0 Å². The van der Waals surface area contributed by atoms with E-state index in [0.717, 1.165) is 12.1 Å². The molecule has 2 nitrogen and oxygen atoms in total. The van der Waals surface area contributed by atoms with Crippen molar-refractivity contribution in [2.45, 2.75) is 57.7 Å². The van der Waals surface area contributed by atoms with E-state index >= 15 is 0 Å². The summed E-state index contributed by atoms with van der Waals surface area (Å²) in [4.78, 5) is 5.53. The third-order valence-electron chi connectivity index (χ3n) is 5.25. The summed E-state index contributed by atoms with van der Waals surface area (Å²) in [6.07, 6.45) is 5.28. The Hall–Kier alpha value is -0.860. The van der Waals surface area contributed by atoms with Gasteiger partial charge in [0.25, 0.3) is 0 Å². The summed E-state index contributed by atoms with van der Waals surface area (Å²) in [5.41, 5.74) is 1.48. The van der Waals surface area contributed by atoms with E-state index in [1.807, 2.05) is 0 Å². The topological polar surface area (TPSA) is 6.48 Å². The number of fused-ring (bicyclic) bond motifs is 1. The van der Waals surface area contributed by atoms with Crippen molar-refractivity contribution < 1.29 is 0 Å². The molecule has 2 heteroatoms. The van der Waals surface area contributed by atoms with Gasteiger partial charge in [-0.1, -0.05) is 37.3 Å². The third kappa shape index (κ3) is 2.91. The fraction of sp³-hybridized carbons (Fsp3) is 0.667. The van der Waals surface area contributed by atoms with Crippen molar-refractivity contribution in [1.29, 1.82) is 0 Å². The first-order valence-corrected chi connectivity index (χ1v) is 8.31. The molecule has 0 aliphatic carbocycles. The SMILES string of the molecule is CCC1CN2CCCC2CN1C(C)Cc1ccccc1. The van der Waals surface area contributed by atoms with Gasteiger partial charge in [-0.05, 0) is 44.7 Å². The standard InChI is InChI=1S/C18H28N2/c1-3-17-13-19-11-7-10-18(19)14-20(17)15(2)12-16-8-5-4-6-9-16/h4-6,8-9,15,17-18H,3,7,10-14H2,1-2H3. The lowest BCUT2D eigenvalue weighted by atomic mass is 9.99.